The van der Waals surface area contributed by atoms with Crippen molar-refractivity contribution in [2.75, 3.05) is 26.2 Å². The molecule has 1 aromatic rings. The van der Waals surface area contributed by atoms with E-state index in [2.05, 4.69) is 15.0 Å². The second-order valence-corrected chi connectivity index (χ2v) is 8.58. The van der Waals surface area contributed by atoms with E-state index >= 15 is 0 Å². The van der Waals surface area contributed by atoms with Crippen molar-refractivity contribution in [3.05, 3.63) is 28.8 Å². The summed E-state index contributed by atoms with van der Waals surface area (Å²) >= 11 is 0. The maximum atomic E-state index is 13.0. The number of hydrogen-bond donors (Lipinski definition) is 0. The van der Waals surface area contributed by atoms with E-state index in [4.69, 9.17) is 11.2 Å². The molecule has 2 rings (SSSR count). The fraction of sp³-hybridized carbons (Fsp3) is 0.526. The summed E-state index contributed by atoms with van der Waals surface area (Å²) in [7, 11) is -5.15. The van der Waals surface area contributed by atoms with E-state index in [1.54, 1.807) is 17.9 Å². The molecule has 1 fully saturated rings. The van der Waals surface area contributed by atoms with Crippen LogP contribution in [0, 0.1) is 19.3 Å². The fourth-order valence-electron chi connectivity index (χ4n) is 2.84. The van der Waals surface area contributed by atoms with Crippen LogP contribution in [-0.4, -0.2) is 56.1 Å². The molecule has 0 N–H and O–H groups in total. The Morgan fingerprint density at radius 3 is 2.36 bits per heavy atom. The van der Waals surface area contributed by atoms with Gasteiger partial charge in [-0.15, -0.1) is 6.42 Å². The van der Waals surface area contributed by atoms with Gasteiger partial charge in [-0.05, 0) is 51.0 Å². The second kappa shape index (κ2) is 8.37. The Morgan fingerprint density at radius 2 is 1.86 bits per heavy atom. The first kappa shape index (κ1) is 22.0. The van der Waals surface area contributed by atoms with Gasteiger partial charge in [0.2, 0.25) is 0 Å². The van der Waals surface area contributed by atoms with E-state index in [1.165, 1.54) is 6.07 Å². The van der Waals surface area contributed by atoms with Crippen LogP contribution in [0.5, 0.6) is 5.75 Å². The number of rotatable bonds is 4. The van der Waals surface area contributed by atoms with Crippen LogP contribution >= 0.6 is 0 Å². The molecule has 9 heteroatoms. The lowest BCUT2D eigenvalue weighted by Crippen LogP contribution is -2.49. The Labute approximate surface area is 165 Å². The summed E-state index contributed by atoms with van der Waals surface area (Å²) in [5, 5.41) is 0. The van der Waals surface area contributed by atoms with Crippen molar-refractivity contribution in [2.45, 2.75) is 39.8 Å². The number of nitrogens with zero attached hydrogens (tertiary/aromatic N) is 2. The molecule has 1 amide bonds. The monoisotopic (exact) mass is 412 g/mol. The average Bonchev–Trinajstić information content (AvgIpc) is 2.56. The van der Waals surface area contributed by atoms with E-state index in [1.807, 2.05) is 20.8 Å². The number of amides is 1. The van der Waals surface area contributed by atoms with Crippen molar-refractivity contribution in [1.29, 1.82) is 0 Å². The second-order valence-electron chi connectivity index (χ2n) is 7.62. The van der Waals surface area contributed by atoms with Crippen molar-refractivity contribution >= 4 is 16.6 Å². The van der Waals surface area contributed by atoms with E-state index in [0.717, 1.165) is 5.56 Å². The lowest BCUT2D eigenvalue weighted by atomic mass is 10.0. The van der Waals surface area contributed by atoms with Gasteiger partial charge >= 0.3 is 16.6 Å². The summed E-state index contributed by atoms with van der Waals surface area (Å²) in [6.45, 7) is 9.79. The Kier molecular flexibility index (Phi) is 6.57. The molecule has 0 atom stereocenters. The normalized spacial score (nSPS) is 15.8. The molecular weight excluding hydrogens is 387 g/mol. The Balaban J connectivity index is 2.08. The van der Waals surface area contributed by atoms with Gasteiger partial charge in [0, 0.05) is 38.3 Å². The molecule has 0 aliphatic carbocycles. The highest BCUT2D eigenvalue weighted by molar-refractivity contribution is 7.81. The molecular formula is C19H25FN2O5S. The molecule has 154 valence electrons. The number of hydrogen-bond acceptors (Lipinski definition) is 6. The molecule has 1 aliphatic heterocycles. The summed E-state index contributed by atoms with van der Waals surface area (Å²) < 4.78 is 44.5. The zero-order chi connectivity index (χ0) is 21.1. The quantitative estimate of drug-likeness (QED) is 0.559. The number of ether oxygens (including phenoxy) is 1. The molecule has 7 nitrogen and oxygen atoms in total. The molecule has 0 radical (unpaired) electrons. The Hall–Kier alpha value is -2.31. The van der Waals surface area contributed by atoms with Gasteiger partial charge in [0.25, 0.3) is 0 Å². The van der Waals surface area contributed by atoms with Gasteiger partial charge in [0.15, 0.2) is 0 Å². The molecule has 1 heterocycles. The van der Waals surface area contributed by atoms with Crippen LogP contribution in [0.2, 0.25) is 0 Å². The minimum Gasteiger partial charge on any atom is -0.444 e. The third kappa shape index (κ3) is 6.39. The van der Waals surface area contributed by atoms with Crippen LogP contribution in [0.3, 0.4) is 0 Å². The smallest absolute Gasteiger partial charge is 0.444 e. The number of benzene rings is 1. The predicted octanol–water partition coefficient (Wildman–Crippen LogP) is 2.62. The van der Waals surface area contributed by atoms with Crippen molar-refractivity contribution < 1.29 is 26.0 Å². The van der Waals surface area contributed by atoms with Gasteiger partial charge in [-0.25, -0.2) is 4.79 Å². The van der Waals surface area contributed by atoms with E-state index in [-0.39, 0.29) is 11.8 Å². The van der Waals surface area contributed by atoms with Crippen molar-refractivity contribution in [2.24, 2.45) is 0 Å². The van der Waals surface area contributed by atoms with E-state index < -0.39 is 16.1 Å². The largest absolute Gasteiger partial charge is 0.488 e. The third-order valence-corrected chi connectivity index (χ3v) is 4.62. The highest BCUT2D eigenvalue weighted by Crippen LogP contribution is 2.27. The zero-order valence-electron chi connectivity index (χ0n) is 16.5. The van der Waals surface area contributed by atoms with Crippen LogP contribution in [0.1, 0.15) is 37.5 Å². The molecule has 0 saturated carbocycles. The van der Waals surface area contributed by atoms with Crippen LogP contribution in [-0.2, 0) is 21.8 Å². The number of carbonyl (C=O) groups excluding carboxylic acids is 1. The molecule has 0 aromatic heterocycles. The first-order valence-corrected chi connectivity index (χ1v) is 10.1. The number of terminal acetylenes is 1. The highest BCUT2D eigenvalue weighted by atomic mass is 32.3. The lowest BCUT2D eigenvalue weighted by molar-refractivity contribution is 0.0139. The summed E-state index contributed by atoms with van der Waals surface area (Å²) in [5.74, 6) is 2.29. The molecule has 1 saturated heterocycles. The van der Waals surface area contributed by atoms with Gasteiger partial charge in [0.05, 0.1) is 0 Å². The Bertz CT molecular complexity index is 879. The summed E-state index contributed by atoms with van der Waals surface area (Å²) in [6.07, 6.45) is 5.07. The SMILES string of the molecule is C#Cc1cc(CN2CCN(C(=O)OC(C)(C)C)CC2)c(C)c(OS(=O)(=O)F)c1. The van der Waals surface area contributed by atoms with Gasteiger partial charge in [-0.2, -0.15) is 8.42 Å². The van der Waals surface area contributed by atoms with Gasteiger partial charge in [-0.1, -0.05) is 9.81 Å². The van der Waals surface area contributed by atoms with Gasteiger partial charge < -0.3 is 13.8 Å². The average molecular weight is 412 g/mol. The third-order valence-electron chi connectivity index (χ3n) is 4.24. The van der Waals surface area contributed by atoms with Crippen LogP contribution in [0.15, 0.2) is 12.1 Å². The number of piperazine rings is 1. The minimum absolute atomic E-state index is 0.125. The van der Waals surface area contributed by atoms with Crippen LogP contribution in [0.4, 0.5) is 8.68 Å². The van der Waals surface area contributed by atoms with Crippen molar-refractivity contribution in [1.82, 2.24) is 9.80 Å². The number of carbonyl (C=O) groups is 1. The van der Waals surface area contributed by atoms with E-state index in [0.29, 0.717) is 43.9 Å². The maximum Gasteiger partial charge on any atom is 0.488 e. The zero-order valence-corrected chi connectivity index (χ0v) is 17.3. The number of halogens is 1. The minimum atomic E-state index is -5.15. The summed E-state index contributed by atoms with van der Waals surface area (Å²) in [6, 6.07) is 3.06. The molecule has 0 bridgehead atoms. The lowest BCUT2D eigenvalue weighted by Gasteiger charge is -2.35. The predicted molar refractivity (Wildman–Crippen MR) is 103 cm³/mol. The molecule has 1 aromatic carbocycles. The van der Waals surface area contributed by atoms with Gasteiger partial charge in [0.1, 0.15) is 11.4 Å². The van der Waals surface area contributed by atoms with Crippen LogP contribution < -0.4 is 4.18 Å². The summed E-state index contributed by atoms with van der Waals surface area (Å²) in [5.41, 5.74) is 1.08. The summed E-state index contributed by atoms with van der Waals surface area (Å²) in [4.78, 5) is 15.9. The highest BCUT2D eigenvalue weighted by Gasteiger charge is 2.26. The molecule has 1 aliphatic rings. The molecule has 0 unspecified atom stereocenters. The van der Waals surface area contributed by atoms with Crippen molar-refractivity contribution in [3.63, 3.8) is 0 Å². The van der Waals surface area contributed by atoms with Crippen LogP contribution in [0.25, 0.3) is 0 Å². The Morgan fingerprint density at radius 1 is 1.25 bits per heavy atom. The maximum absolute atomic E-state index is 13.0. The van der Waals surface area contributed by atoms with Gasteiger partial charge in [-0.3, -0.25) is 4.90 Å². The first-order valence-electron chi connectivity index (χ1n) is 8.82. The molecule has 0 spiro atoms. The first-order chi connectivity index (χ1) is 12.9. The molecule has 28 heavy (non-hydrogen) atoms. The van der Waals surface area contributed by atoms with Crippen molar-refractivity contribution in [3.8, 4) is 18.1 Å². The van der Waals surface area contributed by atoms with E-state index in [9.17, 15) is 17.1 Å². The topological polar surface area (TPSA) is 76.2 Å². The standard InChI is InChI=1S/C19H25FN2O5S/c1-6-15-11-16(14(2)17(12-15)27-28(20,24)25)13-21-7-9-22(10-8-21)18(23)26-19(3,4)5/h1,11-12H,7-10,13H2,2-5H3. The fourth-order valence-corrected chi connectivity index (χ4v) is 3.23.